The van der Waals surface area contributed by atoms with Gasteiger partial charge in [-0.25, -0.2) is 4.68 Å². The van der Waals surface area contributed by atoms with Crippen molar-refractivity contribution in [3.05, 3.63) is 77.6 Å². The lowest BCUT2D eigenvalue weighted by atomic mass is 10.1. The number of benzene rings is 2. The predicted octanol–water partition coefficient (Wildman–Crippen LogP) is 1.45. The summed E-state index contributed by atoms with van der Waals surface area (Å²) >= 11 is 0. The first-order valence-electron chi connectivity index (χ1n) is 7.80. The zero-order valence-corrected chi connectivity index (χ0v) is 14.0. The second kappa shape index (κ2) is 7.84. The van der Waals surface area contributed by atoms with Crippen LogP contribution >= 0.6 is 0 Å². The van der Waals surface area contributed by atoms with Crippen LogP contribution in [0.1, 0.15) is 21.5 Å². The minimum Gasteiger partial charge on any atom is -0.268 e. The highest BCUT2D eigenvalue weighted by Crippen LogP contribution is 2.07. The quantitative estimate of drug-likeness (QED) is 0.549. The number of hydrogen-bond donors (Lipinski definition) is 2. The first kappa shape index (κ1) is 17.0. The number of carbonyl (C=O) groups is 2. The highest BCUT2D eigenvalue weighted by Gasteiger charge is 2.07. The van der Waals surface area contributed by atoms with Gasteiger partial charge in [-0.3, -0.25) is 20.4 Å². The van der Waals surface area contributed by atoms with E-state index in [1.54, 1.807) is 30.3 Å². The molecule has 0 aliphatic carbocycles. The summed E-state index contributed by atoms with van der Waals surface area (Å²) < 4.78 is 1.47. The van der Waals surface area contributed by atoms with Crippen molar-refractivity contribution in [1.29, 1.82) is 0 Å². The van der Waals surface area contributed by atoms with E-state index in [4.69, 9.17) is 0 Å². The lowest BCUT2D eigenvalue weighted by Crippen LogP contribution is -2.40. The van der Waals surface area contributed by atoms with Gasteiger partial charge in [0, 0.05) is 11.6 Å². The number of carbonyl (C=O) groups excluding carboxylic acids is 2. The molecule has 0 radical (unpaired) electrons. The Kier molecular flexibility index (Phi) is 5.14. The van der Waals surface area contributed by atoms with Gasteiger partial charge in [0.05, 0.1) is 5.69 Å². The molecule has 2 aromatic carbocycles. The predicted molar refractivity (Wildman–Crippen MR) is 95.0 cm³/mol. The van der Waals surface area contributed by atoms with E-state index < -0.39 is 11.8 Å². The van der Waals surface area contributed by atoms with E-state index >= 15 is 0 Å². The Hall–Kier alpha value is -3.81. The van der Waals surface area contributed by atoms with Crippen molar-refractivity contribution >= 4 is 17.9 Å². The maximum atomic E-state index is 12.1. The SMILES string of the molecule is Cc1cccc(/C=C/C(=O)NNC(=O)c2ccc(-n3cnnn3)cc2)c1. The van der Waals surface area contributed by atoms with Gasteiger partial charge in [0.25, 0.3) is 11.8 Å². The van der Waals surface area contributed by atoms with Crippen LogP contribution in [0.2, 0.25) is 0 Å². The average molecular weight is 348 g/mol. The van der Waals surface area contributed by atoms with Crippen LogP contribution in [0, 0.1) is 6.92 Å². The van der Waals surface area contributed by atoms with Crippen molar-refractivity contribution in [2.24, 2.45) is 0 Å². The molecule has 0 saturated carbocycles. The lowest BCUT2D eigenvalue weighted by Gasteiger charge is -2.06. The molecule has 3 aromatic rings. The summed E-state index contributed by atoms with van der Waals surface area (Å²) in [7, 11) is 0. The molecule has 0 aliphatic heterocycles. The molecule has 26 heavy (non-hydrogen) atoms. The van der Waals surface area contributed by atoms with Crippen molar-refractivity contribution in [3.8, 4) is 5.69 Å². The molecule has 1 heterocycles. The molecule has 8 heteroatoms. The van der Waals surface area contributed by atoms with E-state index in [9.17, 15) is 9.59 Å². The summed E-state index contributed by atoms with van der Waals surface area (Å²) in [6.45, 7) is 1.97. The molecule has 0 atom stereocenters. The number of rotatable bonds is 4. The maximum absolute atomic E-state index is 12.1. The van der Waals surface area contributed by atoms with E-state index in [1.165, 1.54) is 17.1 Å². The van der Waals surface area contributed by atoms with Gasteiger partial charge in [-0.15, -0.1) is 5.10 Å². The molecular weight excluding hydrogens is 332 g/mol. The largest absolute Gasteiger partial charge is 0.269 e. The third-order valence-corrected chi connectivity index (χ3v) is 3.51. The fourth-order valence-electron chi connectivity index (χ4n) is 2.22. The van der Waals surface area contributed by atoms with Crippen LogP contribution in [0.15, 0.2) is 60.9 Å². The van der Waals surface area contributed by atoms with Gasteiger partial charge in [0.15, 0.2) is 0 Å². The summed E-state index contributed by atoms with van der Waals surface area (Å²) in [5.41, 5.74) is 7.83. The Morgan fingerprint density at radius 1 is 1.08 bits per heavy atom. The standard InChI is InChI=1S/C18H16N6O2/c1-13-3-2-4-14(11-13)5-10-17(25)20-21-18(26)15-6-8-16(9-7-15)24-12-19-22-23-24/h2-12H,1H3,(H,20,25)(H,21,26)/b10-5+. The minimum absolute atomic E-state index is 0.393. The number of tetrazole rings is 1. The van der Waals surface area contributed by atoms with E-state index in [-0.39, 0.29) is 0 Å². The molecule has 0 aliphatic rings. The van der Waals surface area contributed by atoms with Crippen LogP contribution in [-0.4, -0.2) is 32.0 Å². The van der Waals surface area contributed by atoms with Crippen molar-refractivity contribution in [3.63, 3.8) is 0 Å². The van der Waals surface area contributed by atoms with E-state index in [2.05, 4.69) is 26.4 Å². The summed E-state index contributed by atoms with van der Waals surface area (Å²) in [5.74, 6) is -0.851. The van der Waals surface area contributed by atoms with Crippen molar-refractivity contribution in [2.45, 2.75) is 6.92 Å². The molecule has 130 valence electrons. The smallest absolute Gasteiger partial charge is 0.268 e. The number of aromatic nitrogens is 4. The Morgan fingerprint density at radius 3 is 2.58 bits per heavy atom. The zero-order chi connectivity index (χ0) is 18.4. The highest BCUT2D eigenvalue weighted by molar-refractivity contribution is 5.98. The molecule has 0 fully saturated rings. The average Bonchev–Trinajstić information content (AvgIpc) is 3.19. The molecule has 0 bridgehead atoms. The van der Waals surface area contributed by atoms with Crippen LogP contribution in [-0.2, 0) is 4.79 Å². The fraction of sp³-hybridized carbons (Fsp3) is 0.0556. The topological polar surface area (TPSA) is 102 Å². The second-order valence-electron chi connectivity index (χ2n) is 5.49. The number of aryl methyl sites for hydroxylation is 1. The zero-order valence-electron chi connectivity index (χ0n) is 14.0. The number of nitrogens with zero attached hydrogens (tertiary/aromatic N) is 4. The summed E-state index contributed by atoms with van der Waals surface area (Å²) in [6, 6.07) is 14.4. The van der Waals surface area contributed by atoms with Crippen LogP contribution in [0.5, 0.6) is 0 Å². The number of amides is 2. The van der Waals surface area contributed by atoms with Gasteiger partial charge < -0.3 is 0 Å². The first-order valence-corrected chi connectivity index (χ1v) is 7.80. The summed E-state index contributed by atoms with van der Waals surface area (Å²) in [6.07, 6.45) is 4.49. The Morgan fingerprint density at radius 2 is 1.88 bits per heavy atom. The number of hydrogen-bond acceptors (Lipinski definition) is 5. The van der Waals surface area contributed by atoms with Gasteiger partial charge >= 0.3 is 0 Å². The van der Waals surface area contributed by atoms with Crippen LogP contribution < -0.4 is 10.9 Å². The molecule has 1 aromatic heterocycles. The maximum Gasteiger partial charge on any atom is 0.269 e. The molecule has 3 rings (SSSR count). The van der Waals surface area contributed by atoms with E-state index in [1.807, 2.05) is 31.2 Å². The van der Waals surface area contributed by atoms with E-state index in [0.29, 0.717) is 5.56 Å². The van der Waals surface area contributed by atoms with Gasteiger partial charge in [-0.1, -0.05) is 29.8 Å². The number of nitrogens with one attached hydrogen (secondary N) is 2. The normalized spacial score (nSPS) is 10.7. The molecule has 0 unspecified atom stereocenters. The minimum atomic E-state index is -0.426. The van der Waals surface area contributed by atoms with Crippen LogP contribution in [0.4, 0.5) is 0 Å². The summed E-state index contributed by atoms with van der Waals surface area (Å²) in [5, 5.41) is 10.9. The molecule has 2 N–H and O–H groups in total. The Balaban J connectivity index is 1.54. The third-order valence-electron chi connectivity index (χ3n) is 3.51. The Labute approximate surface area is 149 Å². The van der Waals surface area contributed by atoms with Crippen molar-refractivity contribution in [1.82, 2.24) is 31.1 Å². The Bertz CT molecular complexity index is 933. The molecule has 0 spiro atoms. The van der Waals surface area contributed by atoms with Gasteiger partial charge in [0.2, 0.25) is 0 Å². The summed E-state index contributed by atoms with van der Waals surface area (Å²) in [4.78, 5) is 23.9. The molecular formula is C18H16N6O2. The number of hydrazine groups is 1. The second-order valence-corrected chi connectivity index (χ2v) is 5.49. The highest BCUT2D eigenvalue weighted by atomic mass is 16.2. The van der Waals surface area contributed by atoms with Gasteiger partial charge in [-0.05, 0) is 53.3 Å². The van der Waals surface area contributed by atoms with Crippen LogP contribution in [0.25, 0.3) is 11.8 Å². The molecule has 2 amide bonds. The monoisotopic (exact) mass is 348 g/mol. The van der Waals surface area contributed by atoms with Gasteiger partial charge in [0.1, 0.15) is 6.33 Å². The molecule has 8 nitrogen and oxygen atoms in total. The van der Waals surface area contributed by atoms with Gasteiger partial charge in [-0.2, -0.15) is 0 Å². The fourth-order valence-corrected chi connectivity index (χ4v) is 2.22. The van der Waals surface area contributed by atoms with Crippen LogP contribution in [0.3, 0.4) is 0 Å². The third kappa shape index (κ3) is 4.38. The van der Waals surface area contributed by atoms with E-state index in [0.717, 1.165) is 16.8 Å². The van der Waals surface area contributed by atoms with Crippen molar-refractivity contribution in [2.75, 3.05) is 0 Å². The lowest BCUT2D eigenvalue weighted by molar-refractivity contribution is -0.117. The van der Waals surface area contributed by atoms with Crippen molar-refractivity contribution < 1.29 is 9.59 Å². The molecule has 0 saturated heterocycles. The first-order chi connectivity index (χ1) is 12.6.